The number of allylic oxidation sites excluding steroid dienone is 1. The summed E-state index contributed by atoms with van der Waals surface area (Å²) in [5.74, 6) is 0.122. The highest BCUT2D eigenvalue weighted by atomic mass is 19.1. The van der Waals surface area contributed by atoms with Crippen LogP contribution in [0.25, 0.3) is 16.7 Å². The number of anilines is 2. The molecule has 200 valence electrons. The standard InChI is InChI=1S/C32H31FN2O4/c1-19-8-9-21(33)15-27(19)34-18-25-23(12-13-26-30(25)20(2)17-32(3,4)35-26)24-11-10-22(16-29(24)37-5)39-31(36)28-7-6-14-38-28/h6-17,34-35H,18H2,1-5H3. The third kappa shape index (κ3) is 5.39. The predicted molar refractivity (Wildman–Crippen MR) is 152 cm³/mol. The quantitative estimate of drug-likeness (QED) is 0.189. The average Bonchev–Trinajstić information content (AvgIpc) is 3.43. The molecule has 0 amide bonds. The second kappa shape index (κ2) is 10.3. The Labute approximate surface area is 227 Å². The first-order chi connectivity index (χ1) is 18.6. The second-order valence-corrected chi connectivity index (χ2v) is 10.2. The van der Waals surface area contributed by atoms with E-state index in [0.717, 1.165) is 44.8 Å². The molecule has 1 aromatic heterocycles. The molecule has 0 radical (unpaired) electrons. The zero-order chi connectivity index (χ0) is 27.7. The molecular weight excluding hydrogens is 495 g/mol. The summed E-state index contributed by atoms with van der Waals surface area (Å²) >= 11 is 0. The van der Waals surface area contributed by atoms with Gasteiger partial charge in [-0.15, -0.1) is 0 Å². The highest BCUT2D eigenvalue weighted by Crippen LogP contribution is 2.43. The molecule has 5 rings (SSSR count). The van der Waals surface area contributed by atoms with Gasteiger partial charge in [0.2, 0.25) is 5.76 Å². The van der Waals surface area contributed by atoms with Gasteiger partial charge in [-0.25, -0.2) is 9.18 Å². The van der Waals surface area contributed by atoms with Crippen LogP contribution in [0.15, 0.2) is 77.4 Å². The third-order valence-electron chi connectivity index (χ3n) is 6.79. The van der Waals surface area contributed by atoms with Crippen molar-refractivity contribution in [2.75, 3.05) is 17.7 Å². The summed E-state index contributed by atoms with van der Waals surface area (Å²) in [5.41, 5.74) is 7.57. The van der Waals surface area contributed by atoms with Crippen LogP contribution in [0.4, 0.5) is 15.8 Å². The lowest BCUT2D eigenvalue weighted by Crippen LogP contribution is -2.32. The molecule has 0 aliphatic carbocycles. The molecule has 39 heavy (non-hydrogen) atoms. The normalized spacial score (nSPS) is 13.6. The van der Waals surface area contributed by atoms with E-state index in [1.807, 2.05) is 13.0 Å². The van der Waals surface area contributed by atoms with Crippen LogP contribution in [0.3, 0.4) is 0 Å². The van der Waals surface area contributed by atoms with Crippen molar-refractivity contribution >= 4 is 22.9 Å². The van der Waals surface area contributed by atoms with Gasteiger partial charge in [0.15, 0.2) is 0 Å². The number of esters is 1. The van der Waals surface area contributed by atoms with Crippen LogP contribution >= 0.6 is 0 Å². The lowest BCUT2D eigenvalue weighted by atomic mass is 9.85. The summed E-state index contributed by atoms with van der Waals surface area (Å²) in [5, 5.41) is 7.06. The van der Waals surface area contributed by atoms with Gasteiger partial charge in [-0.05, 0) is 92.4 Å². The van der Waals surface area contributed by atoms with Gasteiger partial charge in [-0.3, -0.25) is 0 Å². The number of fused-ring (bicyclic) bond motifs is 1. The summed E-state index contributed by atoms with van der Waals surface area (Å²) in [6.07, 6.45) is 3.63. The van der Waals surface area contributed by atoms with E-state index in [4.69, 9.17) is 13.9 Å². The van der Waals surface area contributed by atoms with Gasteiger partial charge < -0.3 is 24.5 Å². The molecule has 0 atom stereocenters. The number of hydrogen-bond donors (Lipinski definition) is 2. The molecule has 0 fully saturated rings. The number of nitrogens with one attached hydrogen (secondary N) is 2. The maximum absolute atomic E-state index is 14.0. The fourth-order valence-electron chi connectivity index (χ4n) is 5.11. The molecule has 2 heterocycles. The molecule has 7 heteroatoms. The fraction of sp³-hybridized carbons (Fsp3) is 0.219. The lowest BCUT2D eigenvalue weighted by molar-refractivity contribution is 0.0701. The maximum atomic E-state index is 14.0. The second-order valence-electron chi connectivity index (χ2n) is 10.2. The highest BCUT2D eigenvalue weighted by Gasteiger charge is 2.27. The van der Waals surface area contributed by atoms with Crippen molar-refractivity contribution in [2.45, 2.75) is 39.8 Å². The lowest BCUT2D eigenvalue weighted by Gasteiger charge is -2.33. The molecule has 1 aliphatic heterocycles. The molecule has 1 aliphatic rings. The van der Waals surface area contributed by atoms with E-state index in [9.17, 15) is 9.18 Å². The topological polar surface area (TPSA) is 72.7 Å². The number of methoxy groups -OCH3 is 1. The summed E-state index contributed by atoms with van der Waals surface area (Å²) < 4.78 is 30.4. The largest absolute Gasteiger partial charge is 0.496 e. The van der Waals surface area contributed by atoms with Crippen molar-refractivity contribution in [3.05, 3.63) is 101 Å². The molecular formula is C32H31FN2O4. The van der Waals surface area contributed by atoms with E-state index in [1.54, 1.807) is 37.4 Å². The summed E-state index contributed by atoms with van der Waals surface area (Å²) in [4.78, 5) is 12.4. The third-order valence-corrected chi connectivity index (χ3v) is 6.79. The Morgan fingerprint density at radius 1 is 1.05 bits per heavy atom. The van der Waals surface area contributed by atoms with Gasteiger partial charge in [-0.2, -0.15) is 0 Å². The Hall–Kier alpha value is -4.52. The molecule has 4 aromatic rings. The van der Waals surface area contributed by atoms with Crippen LogP contribution in [-0.2, 0) is 6.54 Å². The van der Waals surface area contributed by atoms with Gasteiger partial charge in [-0.1, -0.05) is 18.2 Å². The number of benzene rings is 3. The van der Waals surface area contributed by atoms with Gasteiger partial charge in [0.1, 0.15) is 17.3 Å². The van der Waals surface area contributed by atoms with E-state index >= 15 is 0 Å². The van der Waals surface area contributed by atoms with Gasteiger partial charge in [0.25, 0.3) is 0 Å². The minimum Gasteiger partial charge on any atom is -0.496 e. The average molecular weight is 527 g/mol. The fourth-order valence-corrected chi connectivity index (χ4v) is 5.11. The minimum absolute atomic E-state index is 0.117. The molecule has 0 unspecified atom stereocenters. The van der Waals surface area contributed by atoms with Gasteiger partial charge >= 0.3 is 5.97 Å². The maximum Gasteiger partial charge on any atom is 0.379 e. The Morgan fingerprint density at radius 2 is 1.85 bits per heavy atom. The molecule has 3 aromatic carbocycles. The number of halogens is 1. The molecule has 0 saturated heterocycles. The molecule has 6 nitrogen and oxygen atoms in total. The van der Waals surface area contributed by atoms with E-state index < -0.39 is 5.97 Å². The van der Waals surface area contributed by atoms with Crippen molar-refractivity contribution < 1.29 is 23.1 Å². The van der Waals surface area contributed by atoms with E-state index in [0.29, 0.717) is 18.0 Å². The van der Waals surface area contributed by atoms with Crippen molar-refractivity contribution in [3.8, 4) is 22.6 Å². The number of carbonyl (C=O) groups is 1. The minimum atomic E-state index is -0.589. The Kier molecular flexibility index (Phi) is 6.91. The summed E-state index contributed by atoms with van der Waals surface area (Å²) in [6.45, 7) is 8.77. The van der Waals surface area contributed by atoms with Crippen molar-refractivity contribution in [2.24, 2.45) is 0 Å². The van der Waals surface area contributed by atoms with Gasteiger partial charge in [0.05, 0.1) is 18.9 Å². The van der Waals surface area contributed by atoms with Crippen molar-refractivity contribution in [1.29, 1.82) is 0 Å². The SMILES string of the molecule is COc1cc(OC(=O)c2ccco2)ccc1-c1ccc2c(c1CNc1cc(F)ccc1C)C(C)=CC(C)(C)N2. The number of carbonyl (C=O) groups excluding carboxylic acids is 1. The first kappa shape index (κ1) is 26.1. The van der Waals surface area contributed by atoms with E-state index in [-0.39, 0.29) is 17.1 Å². The predicted octanol–water partition coefficient (Wildman–Crippen LogP) is 7.84. The number of ether oxygens (including phenoxy) is 2. The Balaban J connectivity index is 1.57. The van der Waals surface area contributed by atoms with Crippen LogP contribution in [0, 0.1) is 12.7 Å². The molecule has 0 bridgehead atoms. The zero-order valence-electron chi connectivity index (χ0n) is 22.6. The van der Waals surface area contributed by atoms with Crippen LogP contribution in [0.1, 0.15) is 48.0 Å². The van der Waals surface area contributed by atoms with Crippen LogP contribution in [0.2, 0.25) is 0 Å². The Morgan fingerprint density at radius 3 is 2.59 bits per heavy atom. The van der Waals surface area contributed by atoms with Crippen LogP contribution in [-0.4, -0.2) is 18.6 Å². The van der Waals surface area contributed by atoms with Crippen LogP contribution in [0.5, 0.6) is 11.5 Å². The Bertz CT molecular complexity index is 1570. The monoisotopic (exact) mass is 526 g/mol. The smallest absolute Gasteiger partial charge is 0.379 e. The van der Waals surface area contributed by atoms with E-state index in [2.05, 4.69) is 49.6 Å². The first-order valence-electron chi connectivity index (χ1n) is 12.7. The summed E-state index contributed by atoms with van der Waals surface area (Å²) in [7, 11) is 1.58. The highest BCUT2D eigenvalue weighted by molar-refractivity contribution is 5.90. The van der Waals surface area contributed by atoms with E-state index in [1.165, 1.54) is 18.4 Å². The molecule has 0 spiro atoms. The number of hydrogen-bond acceptors (Lipinski definition) is 6. The number of rotatable bonds is 7. The van der Waals surface area contributed by atoms with Crippen LogP contribution < -0.4 is 20.1 Å². The molecule has 2 N–H and O–H groups in total. The molecule has 0 saturated carbocycles. The number of furan rings is 1. The van der Waals surface area contributed by atoms with Gasteiger partial charge in [0, 0.05) is 35.1 Å². The van der Waals surface area contributed by atoms with Crippen molar-refractivity contribution in [3.63, 3.8) is 0 Å². The summed E-state index contributed by atoms with van der Waals surface area (Å²) in [6, 6.07) is 17.3. The van der Waals surface area contributed by atoms with Crippen molar-refractivity contribution in [1.82, 2.24) is 0 Å². The first-order valence-corrected chi connectivity index (χ1v) is 12.7. The number of aryl methyl sites for hydroxylation is 1. The zero-order valence-corrected chi connectivity index (χ0v) is 22.6.